The second kappa shape index (κ2) is 5.66. The van der Waals surface area contributed by atoms with Crippen molar-refractivity contribution in [3.8, 4) is 0 Å². The molecule has 1 aliphatic heterocycles. The minimum absolute atomic E-state index is 0.0777. The normalized spacial score (nSPS) is 22.1. The molecule has 5 heteroatoms. The molecule has 3 heterocycles. The third kappa shape index (κ3) is 2.63. The van der Waals surface area contributed by atoms with E-state index in [9.17, 15) is 0 Å². The van der Waals surface area contributed by atoms with E-state index in [1.807, 2.05) is 17.8 Å². The third-order valence-electron chi connectivity index (χ3n) is 4.43. The van der Waals surface area contributed by atoms with E-state index in [2.05, 4.69) is 31.2 Å². The lowest BCUT2D eigenvalue weighted by atomic mass is 10.00. The smallest absolute Gasteiger partial charge is 0.120 e. The Bertz CT molecular complexity index is 630. The van der Waals surface area contributed by atoms with Gasteiger partial charge < -0.3 is 14.5 Å². The van der Waals surface area contributed by atoms with E-state index in [-0.39, 0.29) is 6.10 Å². The first-order valence-electron chi connectivity index (χ1n) is 7.46. The molecule has 0 aromatic carbocycles. The summed E-state index contributed by atoms with van der Waals surface area (Å²) < 4.78 is 13.4. The van der Waals surface area contributed by atoms with Crippen molar-refractivity contribution in [2.75, 3.05) is 6.61 Å². The maximum atomic E-state index is 5.98. The molecule has 1 fully saturated rings. The van der Waals surface area contributed by atoms with Gasteiger partial charge in [0.05, 0.1) is 18.5 Å². The maximum absolute atomic E-state index is 5.98. The molecule has 1 N–H and O–H groups in total. The molecule has 21 heavy (non-hydrogen) atoms. The van der Waals surface area contributed by atoms with Gasteiger partial charge in [-0.3, -0.25) is 4.68 Å². The number of hydrogen-bond donors (Lipinski definition) is 1. The Morgan fingerprint density at radius 1 is 1.38 bits per heavy atom. The molecule has 0 unspecified atom stereocenters. The van der Waals surface area contributed by atoms with Crippen molar-refractivity contribution in [1.82, 2.24) is 15.1 Å². The molecule has 114 valence electrons. The highest BCUT2D eigenvalue weighted by Crippen LogP contribution is 2.33. The molecule has 0 bridgehead atoms. The number of aryl methyl sites for hydroxylation is 3. The molecular weight excluding hydrogens is 266 g/mol. The monoisotopic (exact) mass is 289 g/mol. The summed E-state index contributed by atoms with van der Waals surface area (Å²) in [5, 5.41) is 8.09. The zero-order chi connectivity index (χ0) is 15.0. The number of aromatic nitrogens is 2. The van der Waals surface area contributed by atoms with Gasteiger partial charge in [-0.25, -0.2) is 0 Å². The van der Waals surface area contributed by atoms with E-state index in [1.54, 1.807) is 6.26 Å². The predicted molar refractivity (Wildman–Crippen MR) is 80.1 cm³/mol. The average molecular weight is 289 g/mol. The highest BCUT2D eigenvalue weighted by atomic mass is 16.5. The third-order valence-corrected chi connectivity index (χ3v) is 4.43. The van der Waals surface area contributed by atoms with Crippen LogP contribution in [0.25, 0.3) is 0 Å². The minimum Gasteiger partial charge on any atom is -0.468 e. The van der Waals surface area contributed by atoms with E-state index in [0.717, 1.165) is 31.0 Å². The summed E-state index contributed by atoms with van der Waals surface area (Å²) >= 11 is 0. The summed E-state index contributed by atoms with van der Waals surface area (Å²) in [5.74, 6) is 1.00. The first kappa shape index (κ1) is 14.4. The number of nitrogens with zero attached hydrogens (tertiary/aromatic N) is 2. The van der Waals surface area contributed by atoms with Crippen LogP contribution in [-0.4, -0.2) is 22.4 Å². The van der Waals surface area contributed by atoms with Crippen LogP contribution in [0.1, 0.15) is 40.8 Å². The Balaban J connectivity index is 1.75. The zero-order valence-electron chi connectivity index (χ0n) is 13.1. The van der Waals surface area contributed by atoms with Crippen LogP contribution in [0.3, 0.4) is 0 Å². The van der Waals surface area contributed by atoms with Gasteiger partial charge >= 0.3 is 0 Å². The summed E-state index contributed by atoms with van der Waals surface area (Å²) in [7, 11) is 1.98. The van der Waals surface area contributed by atoms with Gasteiger partial charge in [-0.15, -0.1) is 0 Å². The van der Waals surface area contributed by atoms with Crippen molar-refractivity contribution in [2.45, 2.75) is 45.9 Å². The Labute approximate surface area is 125 Å². The van der Waals surface area contributed by atoms with Crippen LogP contribution in [0.4, 0.5) is 0 Å². The molecule has 5 nitrogen and oxygen atoms in total. The highest BCUT2D eigenvalue weighted by molar-refractivity contribution is 5.29. The standard InChI is InChI=1S/C16H23N3O2/c1-10-5-7-20-14(10)9-17-13-6-8-21-16(13)15-11(2)18-19(4)12(15)3/h5,7,13,16-17H,6,8-9H2,1-4H3/t13-,16-/m0/s1. The minimum atomic E-state index is 0.0777. The van der Waals surface area contributed by atoms with Crippen molar-refractivity contribution in [3.05, 3.63) is 40.6 Å². The van der Waals surface area contributed by atoms with Gasteiger partial charge in [-0.2, -0.15) is 5.10 Å². The van der Waals surface area contributed by atoms with Crippen molar-refractivity contribution in [2.24, 2.45) is 7.05 Å². The van der Waals surface area contributed by atoms with E-state index in [1.165, 1.54) is 16.8 Å². The van der Waals surface area contributed by atoms with Gasteiger partial charge in [0.15, 0.2) is 0 Å². The maximum Gasteiger partial charge on any atom is 0.120 e. The van der Waals surface area contributed by atoms with Crippen molar-refractivity contribution in [3.63, 3.8) is 0 Å². The lowest BCUT2D eigenvalue weighted by molar-refractivity contribution is 0.0970. The molecular formula is C16H23N3O2. The number of furan rings is 1. The van der Waals surface area contributed by atoms with E-state index in [0.29, 0.717) is 6.04 Å². The molecule has 0 aliphatic carbocycles. The van der Waals surface area contributed by atoms with Gasteiger partial charge in [0.25, 0.3) is 0 Å². The second-order valence-electron chi connectivity index (χ2n) is 5.80. The number of hydrogen-bond acceptors (Lipinski definition) is 4. The van der Waals surface area contributed by atoms with Gasteiger partial charge in [-0.1, -0.05) is 0 Å². The summed E-state index contributed by atoms with van der Waals surface area (Å²) in [6.07, 6.45) is 2.83. The molecule has 0 saturated carbocycles. The Kier molecular flexibility index (Phi) is 3.87. The molecule has 1 saturated heterocycles. The van der Waals surface area contributed by atoms with Gasteiger partial charge in [-0.05, 0) is 38.8 Å². The SMILES string of the molecule is Cc1ccoc1CN[C@H]1CCO[C@@H]1c1c(C)nn(C)c1C. The summed E-state index contributed by atoms with van der Waals surface area (Å²) in [5.41, 5.74) is 4.65. The molecule has 0 spiro atoms. The van der Waals surface area contributed by atoms with E-state index >= 15 is 0 Å². The molecule has 2 aromatic heterocycles. The second-order valence-corrected chi connectivity index (χ2v) is 5.80. The van der Waals surface area contributed by atoms with Crippen molar-refractivity contribution < 1.29 is 9.15 Å². The highest BCUT2D eigenvalue weighted by Gasteiger charge is 2.33. The molecule has 2 aromatic rings. The van der Waals surface area contributed by atoms with E-state index < -0.39 is 0 Å². The van der Waals surface area contributed by atoms with Crippen LogP contribution in [0.2, 0.25) is 0 Å². The number of ether oxygens (including phenoxy) is 1. The van der Waals surface area contributed by atoms with Crippen LogP contribution in [-0.2, 0) is 18.3 Å². The largest absolute Gasteiger partial charge is 0.468 e. The van der Waals surface area contributed by atoms with Crippen LogP contribution in [0, 0.1) is 20.8 Å². The van der Waals surface area contributed by atoms with Crippen LogP contribution in [0.15, 0.2) is 16.7 Å². The van der Waals surface area contributed by atoms with E-state index in [4.69, 9.17) is 9.15 Å². The lowest BCUT2D eigenvalue weighted by Crippen LogP contribution is -2.31. The fraction of sp³-hybridized carbons (Fsp3) is 0.562. The molecule has 2 atom stereocenters. The fourth-order valence-electron chi connectivity index (χ4n) is 3.09. The van der Waals surface area contributed by atoms with Crippen LogP contribution in [0.5, 0.6) is 0 Å². The zero-order valence-corrected chi connectivity index (χ0v) is 13.1. The predicted octanol–water partition coefficient (Wildman–Crippen LogP) is 2.56. The summed E-state index contributed by atoms with van der Waals surface area (Å²) in [6.45, 7) is 7.75. The quantitative estimate of drug-likeness (QED) is 0.940. The van der Waals surface area contributed by atoms with Crippen molar-refractivity contribution >= 4 is 0 Å². The van der Waals surface area contributed by atoms with Crippen LogP contribution >= 0.6 is 0 Å². The average Bonchev–Trinajstić information content (AvgIpc) is 3.10. The van der Waals surface area contributed by atoms with Crippen LogP contribution < -0.4 is 5.32 Å². The summed E-state index contributed by atoms with van der Waals surface area (Å²) in [6, 6.07) is 2.30. The Morgan fingerprint density at radius 2 is 2.19 bits per heavy atom. The topological polar surface area (TPSA) is 52.2 Å². The van der Waals surface area contributed by atoms with Crippen molar-refractivity contribution in [1.29, 1.82) is 0 Å². The Hall–Kier alpha value is -1.59. The summed E-state index contributed by atoms with van der Waals surface area (Å²) in [4.78, 5) is 0. The molecule has 0 amide bonds. The lowest BCUT2D eigenvalue weighted by Gasteiger charge is -2.20. The first-order valence-corrected chi connectivity index (χ1v) is 7.46. The fourth-order valence-corrected chi connectivity index (χ4v) is 3.09. The molecule has 0 radical (unpaired) electrons. The molecule has 3 rings (SSSR count). The van der Waals surface area contributed by atoms with Gasteiger partial charge in [0.1, 0.15) is 11.9 Å². The number of nitrogens with one attached hydrogen (secondary N) is 1. The number of rotatable bonds is 4. The first-order chi connectivity index (χ1) is 10.1. The van der Waals surface area contributed by atoms with Gasteiger partial charge in [0, 0.05) is 31.0 Å². The molecule has 1 aliphatic rings. The Morgan fingerprint density at radius 3 is 2.81 bits per heavy atom. The van der Waals surface area contributed by atoms with Gasteiger partial charge in [0.2, 0.25) is 0 Å².